The third kappa shape index (κ3) is 5.34. The molecule has 2 amide bonds. The number of pyridine rings is 1. The largest absolute Gasteiger partial charge is 0.339 e. The maximum atomic E-state index is 11.8. The molecule has 0 saturated carbocycles. The lowest BCUT2D eigenvalue weighted by Crippen LogP contribution is -2.24. The van der Waals surface area contributed by atoms with Crippen molar-refractivity contribution in [1.29, 1.82) is 0 Å². The van der Waals surface area contributed by atoms with Gasteiger partial charge in [-0.15, -0.1) is 0 Å². The van der Waals surface area contributed by atoms with Gasteiger partial charge in [0, 0.05) is 11.9 Å². The lowest BCUT2D eigenvalue weighted by atomic mass is 10.3. The second-order valence-electron chi connectivity index (χ2n) is 5.16. The quantitative estimate of drug-likeness (QED) is 0.400. The number of urea groups is 1. The standard InChI is InChI=1S/C19H16N6O/c26-19(25-21-14-18-8-4-5-13-20-18)22-15-9-11-17(12-10-15)24-23-16-6-2-1-3-7-16/h1-14H,(H2,22,25,26). The SMILES string of the molecule is O=C(NN=Cc1ccccn1)Nc1ccc(N=Nc2ccccc2)cc1. The van der Waals surface area contributed by atoms with Crippen LogP contribution in [0.3, 0.4) is 0 Å². The van der Waals surface area contributed by atoms with E-state index in [-0.39, 0.29) is 0 Å². The Bertz CT molecular complexity index is 892. The fourth-order valence-corrected chi connectivity index (χ4v) is 1.99. The highest BCUT2D eigenvalue weighted by atomic mass is 16.2. The molecular weight excluding hydrogens is 328 g/mol. The van der Waals surface area contributed by atoms with Crippen molar-refractivity contribution in [3.63, 3.8) is 0 Å². The second kappa shape index (κ2) is 8.84. The van der Waals surface area contributed by atoms with Gasteiger partial charge in [-0.05, 0) is 48.5 Å². The maximum absolute atomic E-state index is 11.8. The first-order valence-corrected chi connectivity index (χ1v) is 7.87. The van der Waals surface area contributed by atoms with E-state index in [4.69, 9.17) is 0 Å². The third-order valence-electron chi connectivity index (χ3n) is 3.21. The van der Waals surface area contributed by atoms with Gasteiger partial charge in [0.05, 0.1) is 23.3 Å². The predicted molar refractivity (Wildman–Crippen MR) is 101 cm³/mol. The molecule has 2 N–H and O–H groups in total. The minimum absolute atomic E-state index is 0.448. The lowest BCUT2D eigenvalue weighted by molar-refractivity contribution is 0.252. The molecule has 0 aliphatic carbocycles. The summed E-state index contributed by atoms with van der Waals surface area (Å²) in [5.74, 6) is 0. The van der Waals surface area contributed by atoms with Gasteiger partial charge in [-0.3, -0.25) is 4.98 Å². The minimum atomic E-state index is -0.448. The molecule has 3 aromatic rings. The van der Waals surface area contributed by atoms with Crippen LogP contribution < -0.4 is 10.7 Å². The molecule has 0 fully saturated rings. The summed E-state index contributed by atoms with van der Waals surface area (Å²) in [6, 6.07) is 21.4. The summed E-state index contributed by atoms with van der Waals surface area (Å²) in [6.07, 6.45) is 3.12. The van der Waals surface area contributed by atoms with Gasteiger partial charge in [0.15, 0.2) is 0 Å². The molecule has 26 heavy (non-hydrogen) atoms. The van der Waals surface area contributed by atoms with Crippen molar-refractivity contribution in [2.45, 2.75) is 0 Å². The molecule has 0 aliphatic heterocycles. The van der Waals surface area contributed by atoms with Gasteiger partial charge >= 0.3 is 6.03 Å². The van der Waals surface area contributed by atoms with Crippen molar-refractivity contribution in [3.05, 3.63) is 84.7 Å². The number of rotatable bonds is 5. The summed E-state index contributed by atoms with van der Waals surface area (Å²) < 4.78 is 0. The van der Waals surface area contributed by atoms with Crippen LogP contribution in [0.2, 0.25) is 0 Å². The normalized spacial score (nSPS) is 10.9. The van der Waals surface area contributed by atoms with Crippen molar-refractivity contribution < 1.29 is 4.79 Å². The number of hydrazone groups is 1. The number of anilines is 1. The van der Waals surface area contributed by atoms with E-state index in [1.165, 1.54) is 6.21 Å². The van der Waals surface area contributed by atoms with Crippen LogP contribution in [0, 0.1) is 0 Å². The zero-order valence-corrected chi connectivity index (χ0v) is 13.8. The van der Waals surface area contributed by atoms with Crippen LogP contribution in [0.4, 0.5) is 21.9 Å². The number of nitrogens with one attached hydrogen (secondary N) is 2. The molecule has 7 heteroatoms. The van der Waals surface area contributed by atoms with Crippen molar-refractivity contribution in [2.24, 2.45) is 15.3 Å². The van der Waals surface area contributed by atoms with Gasteiger partial charge in [0.1, 0.15) is 0 Å². The Balaban J connectivity index is 1.51. The maximum Gasteiger partial charge on any atom is 0.339 e. The predicted octanol–water partition coefficient (Wildman–Crippen LogP) is 4.65. The molecule has 0 saturated heterocycles. The highest BCUT2D eigenvalue weighted by Gasteiger charge is 2.00. The van der Waals surface area contributed by atoms with Gasteiger partial charge in [0.2, 0.25) is 0 Å². The zero-order chi connectivity index (χ0) is 18.0. The molecule has 128 valence electrons. The molecule has 1 aromatic heterocycles. The van der Waals surface area contributed by atoms with Crippen LogP contribution >= 0.6 is 0 Å². The molecule has 3 rings (SSSR count). The molecular formula is C19H16N6O. The number of benzene rings is 2. The number of aromatic nitrogens is 1. The van der Waals surface area contributed by atoms with Gasteiger partial charge in [-0.25, -0.2) is 10.2 Å². The molecule has 0 unspecified atom stereocenters. The summed E-state index contributed by atoms with van der Waals surface area (Å²) in [5.41, 5.74) is 5.12. The van der Waals surface area contributed by atoms with E-state index >= 15 is 0 Å². The van der Waals surface area contributed by atoms with E-state index < -0.39 is 6.03 Å². The van der Waals surface area contributed by atoms with Crippen LogP contribution in [0.15, 0.2) is 94.3 Å². The summed E-state index contributed by atoms with van der Waals surface area (Å²) in [5, 5.41) is 14.8. The van der Waals surface area contributed by atoms with Gasteiger partial charge < -0.3 is 5.32 Å². The minimum Gasteiger partial charge on any atom is -0.307 e. The Kier molecular flexibility index (Phi) is 5.77. The second-order valence-corrected chi connectivity index (χ2v) is 5.16. The summed E-state index contributed by atoms with van der Waals surface area (Å²) in [6.45, 7) is 0. The molecule has 1 heterocycles. The van der Waals surface area contributed by atoms with Crippen molar-refractivity contribution >= 4 is 29.3 Å². The molecule has 7 nitrogen and oxygen atoms in total. The smallest absolute Gasteiger partial charge is 0.307 e. The molecule has 0 spiro atoms. The first-order valence-electron chi connectivity index (χ1n) is 7.87. The summed E-state index contributed by atoms with van der Waals surface area (Å²) in [7, 11) is 0. The fourth-order valence-electron chi connectivity index (χ4n) is 1.99. The van der Waals surface area contributed by atoms with Crippen molar-refractivity contribution in [2.75, 3.05) is 5.32 Å². The van der Waals surface area contributed by atoms with E-state index in [9.17, 15) is 4.79 Å². The van der Waals surface area contributed by atoms with Crippen LogP contribution in [0.5, 0.6) is 0 Å². The van der Waals surface area contributed by atoms with E-state index in [0.717, 1.165) is 5.69 Å². The molecule has 0 aliphatic rings. The number of azo groups is 1. The lowest BCUT2D eigenvalue weighted by Gasteiger charge is -2.04. The van der Waals surface area contributed by atoms with E-state index in [1.807, 2.05) is 36.4 Å². The first kappa shape index (κ1) is 17.0. The zero-order valence-electron chi connectivity index (χ0n) is 13.8. The Morgan fingerprint density at radius 1 is 0.846 bits per heavy atom. The Hall–Kier alpha value is -3.87. The number of nitrogens with zero attached hydrogens (tertiary/aromatic N) is 4. The topological polar surface area (TPSA) is 91.1 Å². The molecule has 0 radical (unpaired) electrons. The van der Waals surface area contributed by atoms with Gasteiger partial charge in [-0.1, -0.05) is 24.3 Å². The third-order valence-corrected chi connectivity index (χ3v) is 3.21. The van der Waals surface area contributed by atoms with E-state index in [1.54, 1.807) is 42.6 Å². The van der Waals surface area contributed by atoms with Crippen molar-refractivity contribution in [3.8, 4) is 0 Å². The Labute approximate surface area is 150 Å². The monoisotopic (exact) mass is 344 g/mol. The average molecular weight is 344 g/mol. The summed E-state index contributed by atoms with van der Waals surface area (Å²) >= 11 is 0. The fraction of sp³-hybridized carbons (Fsp3) is 0. The average Bonchev–Trinajstić information content (AvgIpc) is 2.69. The number of hydrogen-bond acceptors (Lipinski definition) is 5. The Morgan fingerprint density at radius 3 is 2.23 bits per heavy atom. The van der Waals surface area contributed by atoms with Crippen molar-refractivity contribution in [1.82, 2.24) is 10.4 Å². The Morgan fingerprint density at radius 2 is 1.54 bits per heavy atom. The van der Waals surface area contributed by atoms with E-state index in [2.05, 4.69) is 31.1 Å². The molecule has 0 atom stereocenters. The number of carbonyl (C=O) groups excluding carboxylic acids is 1. The first-order chi connectivity index (χ1) is 12.8. The van der Waals surface area contributed by atoms with Gasteiger partial charge in [0.25, 0.3) is 0 Å². The number of carbonyl (C=O) groups is 1. The molecule has 2 aromatic carbocycles. The van der Waals surface area contributed by atoms with Crippen LogP contribution in [0.25, 0.3) is 0 Å². The number of hydrogen-bond donors (Lipinski definition) is 2. The van der Waals surface area contributed by atoms with Crippen LogP contribution in [-0.4, -0.2) is 17.2 Å². The number of amides is 2. The van der Waals surface area contributed by atoms with Gasteiger partial charge in [-0.2, -0.15) is 15.3 Å². The molecule has 0 bridgehead atoms. The van der Waals surface area contributed by atoms with Crippen LogP contribution in [0.1, 0.15) is 5.69 Å². The summed E-state index contributed by atoms with van der Waals surface area (Å²) in [4.78, 5) is 15.9. The van der Waals surface area contributed by atoms with E-state index in [0.29, 0.717) is 17.1 Å². The highest BCUT2D eigenvalue weighted by Crippen LogP contribution is 2.19. The highest BCUT2D eigenvalue weighted by molar-refractivity contribution is 5.90. The van der Waals surface area contributed by atoms with Crippen LogP contribution in [-0.2, 0) is 0 Å².